The van der Waals surface area contributed by atoms with Crippen molar-refractivity contribution >= 4 is 11.6 Å². The molecule has 0 radical (unpaired) electrons. The van der Waals surface area contributed by atoms with Gasteiger partial charge in [0.15, 0.2) is 0 Å². The maximum absolute atomic E-state index is 14.0. The lowest BCUT2D eigenvalue weighted by Gasteiger charge is -2.41. The van der Waals surface area contributed by atoms with Crippen LogP contribution in [0, 0.1) is 11.7 Å². The molecule has 1 saturated heterocycles. The summed E-state index contributed by atoms with van der Waals surface area (Å²) < 4.78 is 14.0. The third-order valence-electron chi connectivity index (χ3n) is 4.47. The number of hydrogen-bond acceptors (Lipinski definition) is 2. The summed E-state index contributed by atoms with van der Waals surface area (Å²) in [6.45, 7) is 9.21. The Balaban J connectivity index is 2.08. The van der Waals surface area contributed by atoms with E-state index in [9.17, 15) is 4.39 Å². The smallest absolute Gasteiger partial charge is 0.146 e. The maximum atomic E-state index is 14.0. The van der Waals surface area contributed by atoms with Crippen LogP contribution in [0.15, 0.2) is 18.2 Å². The highest BCUT2D eigenvalue weighted by molar-refractivity contribution is 6.30. The summed E-state index contributed by atoms with van der Waals surface area (Å²) in [5, 5.41) is 3.81. The van der Waals surface area contributed by atoms with Gasteiger partial charge in [-0.1, -0.05) is 44.0 Å². The molecule has 1 aromatic carbocycles. The molecule has 0 saturated carbocycles. The summed E-state index contributed by atoms with van der Waals surface area (Å²) in [5.41, 5.74) is 0.689. The van der Waals surface area contributed by atoms with Crippen LogP contribution in [-0.2, 0) is 6.54 Å². The van der Waals surface area contributed by atoms with Crippen molar-refractivity contribution < 1.29 is 4.39 Å². The molecule has 0 bridgehead atoms. The predicted molar refractivity (Wildman–Crippen MR) is 82.5 cm³/mol. The van der Waals surface area contributed by atoms with Gasteiger partial charge >= 0.3 is 0 Å². The lowest BCUT2D eigenvalue weighted by molar-refractivity contribution is 0.110. The second-order valence-corrected chi connectivity index (χ2v) is 6.30. The molecule has 112 valence electrons. The Kier molecular flexibility index (Phi) is 5.42. The zero-order valence-corrected chi connectivity index (χ0v) is 13.3. The molecule has 2 rings (SSSR count). The van der Waals surface area contributed by atoms with Crippen molar-refractivity contribution in [2.24, 2.45) is 5.92 Å². The molecule has 0 aromatic heterocycles. The van der Waals surface area contributed by atoms with E-state index in [1.54, 1.807) is 6.07 Å². The Morgan fingerprint density at radius 2 is 2.25 bits per heavy atom. The summed E-state index contributed by atoms with van der Waals surface area (Å²) in [5.74, 6) is 0.356. The highest BCUT2D eigenvalue weighted by Gasteiger charge is 2.28. The summed E-state index contributed by atoms with van der Waals surface area (Å²) in [4.78, 5) is 2.35. The van der Waals surface area contributed by atoms with Crippen LogP contribution in [0.1, 0.15) is 32.8 Å². The van der Waals surface area contributed by atoms with E-state index in [1.807, 2.05) is 12.1 Å². The predicted octanol–water partition coefficient (Wildman–Crippen LogP) is 3.69. The third kappa shape index (κ3) is 3.51. The van der Waals surface area contributed by atoms with E-state index in [1.165, 1.54) is 0 Å². The van der Waals surface area contributed by atoms with Gasteiger partial charge in [0.2, 0.25) is 0 Å². The molecule has 1 fully saturated rings. The van der Waals surface area contributed by atoms with Gasteiger partial charge in [-0.25, -0.2) is 4.39 Å². The van der Waals surface area contributed by atoms with Crippen LogP contribution in [-0.4, -0.2) is 30.1 Å². The molecule has 0 amide bonds. The first-order valence-corrected chi connectivity index (χ1v) is 7.81. The average molecular weight is 299 g/mol. The Bertz CT molecular complexity index is 452. The zero-order valence-electron chi connectivity index (χ0n) is 12.5. The first-order chi connectivity index (χ1) is 9.52. The molecule has 20 heavy (non-hydrogen) atoms. The Labute approximate surface area is 126 Å². The molecule has 1 heterocycles. The molecule has 3 atom stereocenters. The zero-order chi connectivity index (χ0) is 14.7. The first kappa shape index (κ1) is 15.7. The number of nitrogens with one attached hydrogen (secondary N) is 1. The highest BCUT2D eigenvalue weighted by atomic mass is 35.5. The molecular weight excluding hydrogens is 275 g/mol. The van der Waals surface area contributed by atoms with E-state index in [0.717, 1.165) is 19.5 Å². The van der Waals surface area contributed by atoms with Gasteiger partial charge < -0.3 is 5.32 Å². The molecule has 0 aliphatic carbocycles. The van der Waals surface area contributed by atoms with E-state index in [2.05, 4.69) is 31.0 Å². The molecule has 1 N–H and O–H groups in total. The van der Waals surface area contributed by atoms with Crippen molar-refractivity contribution in [3.63, 3.8) is 0 Å². The van der Waals surface area contributed by atoms with Gasteiger partial charge in [-0.05, 0) is 18.9 Å². The monoisotopic (exact) mass is 298 g/mol. The van der Waals surface area contributed by atoms with Crippen molar-refractivity contribution in [1.29, 1.82) is 0 Å². The number of nitrogens with zero attached hydrogens (tertiary/aromatic N) is 1. The van der Waals surface area contributed by atoms with Crippen molar-refractivity contribution in [3.8, 4) is 0 Å². The number of halogens is 2. The summed E-state index contributed by atoms with van der Waals surface area (Å²) in [6, 6.07) is 6.14. The van der Waals surface area contributed by atoms with Gasteiger partial charge in [-0.3, -0.25) is 4.90 Å². The maximum Gasteiger partial charge on any atom is 0.146 e. The van der Waals surface area contributed by atoms with Gasteiger partial charge in [-0.15, -0.1) is 0 Å². The van der Waals surface area contributed by atoms with Gasteiger partial charge in [-0.2, -0.15) is 0 Å². The van der Waals surface area contributed by atoms with Gasteiger partial charge in [0.05, 0.1) is 5.02 Å². The summed E-state index contributed by atoms with van der Waals surface area (Å²) >= 11 is 5.86. The Morgan fingerprint density at radius 1 is 1.50 bits per heavy atom. The standard InChI is InChI=1S/C16H24ClFN2/c1-4-11(2)15-10-20(12(3)8-19-15)9-13-6-5-7-14(17)16(13)18/h5-7,11-12,15,19H,4,8-10H2,1-3H3. The molecule has 1 aliphatic heterocycles. The fourth-order valence-electron chi connectivity index (χ4n) is 2.72. The Hall–Kier alpha value is -0.640. The SMILES string of the molecule is CCC(C)C1CN(Cc2cccc(Cl)c2F)C(C)CN1. The lowest BCUT2D eigenvalue weighted by Crippen LogP contribution is -2.57. The minimum absolute atomic E-state index is 0.212. The fraction of sp³-hybridized carbons (Fsp3) is 0.625. The van der Waals surface area contributed by atoms with E-state index >= 15 is 0 Å². The first-order valence-electron chi connectivity index (χ1n) is 7.43. The van der Waals surface area contributed by atoms with Crippen LogP contribution < -0.4 is 5.32 Å². The van der Waals surface area contributed by atoms with E-state index < -0.39 is 0 Å². The van der Waals surface area contributed by atoms with Gasteiger partial charge in [0.25, 0.3) is 0 Å². The average Bonchev–Trinajstić information content (AvgIpc) is 2.45. The molecule has 3 unspecified atom stereocenters. The number of benzene rings is 1. The van der Waals surface area contributed by atoms with Crippen LogP contribution in [0.5, 0.6) is 0 Å². The molecule has 1 aliphatic rings. The van der Waals surface area contributed by atoms with Gasteiger partial charge in [0.1, 0.15) is 5.82 Å². The van der Waals surface area contributed by atoms with Gasteiger partial charge in [0, 0.05) is 37.3 Å². The summed E-state index contributed by atoms with van der Waals surface area (Å²) in [6.07, 6.45) is 1.16. The van der Waals surface area contributed by atoms with E-state index in [0.29, 0.717) is 30.1 Å². The second kappa shape index (κ2) is 6.88. The van der Waals surface area contributed by atoms with Crippen LogP contribution in [0.4, 0.5) is 4.39 Å². The topological polar surface area (TPSA) is 15.3 Å². The van der Waals surface area contributed by atoms with Crippen LogP contribution >= 0.6 is 11.6 Å². The molecule has 2 nitrogen and oxygen atoms in total. The molecule has 0 spiro atoms. The lowest BCUT2D eigenvalue weighted by atomic mass is 9.95. The van der Waals surface area contributed by atoms with Crippen LogP contribution in [0.3, 0.4) is 0 Å². The fourth-order valence-corrected chi connectivity index (χ4v) is 2.92. The minimum atomic E-state index is -0.278. The minimum Gasteiger partial charge on any atom is -0.311 e. The van der Waals surface area contributed by atoms with Crippen molar-refractivity contribution in [1.82, 2.24) is 10.2 Å². The Morgan fingerprint density at radius 3 is 2.95 bits per heavy atom. The highest BCUT2D eigenvalue weighted by Crippen LogP contribution is 2.22. The quantitative estimate of drug-likeness (QED) is 0.912. The molecule has 4 heteroatoms. The van der Waals surface area contributed by atoms with E-state index in [-0.39, 0.29) is 10.8 Å². The van der Waals surface area contributed by atoms with Crippen molar-refractivity contribution in [2.45, 2.75) is 45.8 Å². The molecule has 1 aromatic rings. The number of rotatable bonds is 4. The largest absolute Gasteiger partial charge is 0.311 e. The van der Waals surface area contributed by atoms with Crippen molar-refractivity contribution in [2.75, 3.05) is 13.1 Å². The normalized spacial score (nSPS) is 25.6. The summed E-state index contributed by atoms with van der Waals surface area (Å²) in [7, 11) is 0. The third-order valence-corrected chi connectivity index (χ3v) is 4.76. The van der Waals surface area contributed by atoms with Crippen LogP contribution in [0.2, 0.25) is 5.02 Å². The second-order valence-electron chi connectivity index (χ2n) is 5.89. The molecular formula is C16H24ClFN2. The van der Waals surface area contributed by atoms with E-state index in [4.69, 9.17) is 11.6 Å². The van der Waals surface area contributed by atoms with Crippen LogP contribution in [0.25, 0.3) is 0 Å². The number of piperazine rings is 1. The number of hydrogen-bond donors (Lipinski definition) is 1. The van der Waals surface area contributed by atoms with Crippen molar-refractivity contribution in [3.05, 3.63) is 34.6 Å².